The Morgan fingerprint density at radius 3 is 2.62 bits per heavy atom. The Morgan fingerprint density at radius 1 is 1.12 bits per heavy atom. The zero-order valence-corrected chi connectivity index (χ0v) is 13.2. The first-order valence-electron chi connectivity index (χ1n) is 8.12. The zero-order chi connectivity index (χ0) is 16.4. The molecule has 1 aromatic heterocycles. The minimum Gasteiger partial charge on any atom is -0.437 e. The first-order valence-corrected chi connectivity index (χ1v) is 8.12. The third-order valence-electron chi connectivity index (χ3n) is 4.53. The molecule has 4 nitrogen and oxygen atoms in total. The maximum absolute atomic E-state index is 12.1. The summed E-state index contributed by atoms with van der Waals surface area (Å²) in [7, 11) is 0. The van der Waals surface area contributed by atoms with Crippen LogP contribution in [-0.2, 0) is 10.2 Å². The van der Waals surface area contributed by atoms with Gasteiger partial charge in [0.2, 0.25) is 11.8 Å². The summed E-state index contributed by atoms with van der Waals surface area (Å²) in [5.41, 5.74) is 2.92. The number of carbonyl (C=O) groups is 1. The van der Waals surface area contributed by atoms with Crippen molar-refractivity contribution in [3.8, 4) is 0 Å². The number of aromatic nitrogens is 1. The third kappa shape index (κ3) is 2.95. The van der Waals surface area contributed by atoms with Crippen molar-refractivity contribution in [2.45, 2.75) is 18.3 Å². The van der Waals surface area contributed by atoms with Crippen LogP contribution in [0.3, 0.4) is 0 Å². The van der Waals surface area contributed by atoms with Crippen LogP contribution in [0.5, 0.6) is 0 Å². The van der Waals surface area contributed by atoms with E-state index in [2.05, 4.69) is 22.4 Å². The number of fused-ring (bicyclic) bond motifs is 1. The highest BCUT2D eigenvalue weighted by molar-refractivity contribution is 5.91. The van der Waals surface area contributed by atoms with Crippen molar-refractivity contribution in [2.75, 3.05) is 6.54 Å². The third-order valence-corrected chi connectivity index (χ3v) is 4.53. The highest BCUT2D eigenvalue weighted by Gasteiger charge is 2.44. The van der Waals surface area contributed by atoms with E-state index in [1.54, 1.807) is 6.08 Å². The van der Waals surface area contributed by atoms with Gasteiger partial charge in [-0.15, -0.1) is 0 Å². The number of carbonyl (C=O) groups excluding carboxylic acids is 1. The molecule has 0 unspecified atom stereocenters. The van der Waals surface area contributed by atoms with Crippen molar-refractivity contribution in [1.29, 1.82) is 0 Å². The first-order chi connectivity index (χ1) is 11.8. The quantitative estimate of drug-likeness (QED) is 0.730. The summed E-state index contributed by atoms with van der Waals surface area (Å²) < 4.78 is 5.57. The molecule has 2 aromatic carbocycles. The second kappa shape index (κ2) is 5.96. The molecule has 0 aliphatic heterocycles. The van der Waals surface area contributed by atoms with Crippen LogP contribution in [0.2, 0.25) is 0 Å². The molecular formula is C20H18N2O2. The van der Waals surface area contributed by atoms with Crippen LogP contribution in [0.4, 0.5) is 0 Å². The molecule has 1 aliphatic carbocycles. The molecule has 0 atom stereocenters. The Morgan fingerprint density at radius 2 is 1.88 bits per heavy atom. The van der Waals surface area contributed by atoms with Crippen molar-refractivity contribution in [2.24, 2.45) is 0 Å². The lowest BCUT2D eigenvalue weighted by atomic mass is 9.96. The molecule has 1 heterocycles. The number of rotatable bonds is 5. The predicted molar refractivity (Wildman–Crippen MR) is 93.4 cm³/mol. The fourth-order valence-electron chi connectivity index (χ4n) is 2.93. The number of oxazole rings is 1. The summed E-state index contributed by atoms with van der Waals surface area (Å²) in [5, 5.41) is 2.99. The van der Waals surface area contributed by atoms with E-state index in [0.29, 0.717) is 12.4 Å². The Labute approximate surface area is 140 Å². The molecule has 1 fully saturated rings. The summed E-state index contributed by atoms with van der Waals surface area (Å²) in [6.45, 7) is 0.660. The lowest BCUT2D eigenvalue weighted by molar-refractivity contribution is -0.116. The molecule has 1 aliphatic rings. The fourth-order valence-corrected chi connectivity index (χ4v) is 2.93. The number of para-hydroxylation sites is 2. The van der Waals surface area contributed by atoms with E-state index in [-0.39, 0.29) is 11.3 Å². The van der Waals surface area contributed by atoms with E-state index in [4.69, 9.17) is 4.42 Å². The highest BCUT2D eigenvalue weighted by Crippen LogP contribution is 2.47. The number of hydrogen-bond acceptors (Lipinski definition) is 3. The fraction of sp³-hybridized carbons (Fsp3) is 0.200. The van der Waals surface area contributed by atoms with Gasteiger partial charge in [-0.25, -0.2) is 4.98 Å². The van der Waals surface area contributed by atoms with E-state index in [0.717, 1.165) is 23.9 Å². The van der Waals surface area contributed by atoms with Crippen LogP contribution in [0.25, 0.3) is 17.2 Å². The van der Waals surface area contributed by atoms with Crippen LogP contribution in [-0.4, -0.2) is 17.4 Å². The number of amides is 1. The van der Waals surface area contributed by atoms with Crippen LogP contribution in [0, 0.1) is 0 Å². The van der Waals surface area contributed by atoms with E-state index in [9.17, 15) is 4.79 Å². The topological polar surface area (TPSA) is 55.1 Å². The maximum Gasteiger partial charge on any atom is 0.244 e. The standard InChI is InChI=1S/C20H18N2O2/c23-18(10-11-19-22-16-8-4-5-9-17(16)24-19)21-14-20(12-13-20)15-6-2-1-3-7-15/h1-11H,12-14H2,(H,21,23)/b11-10-. The molecule has 1 saturated carbocycles. The normalized spacial score (nSPS) is 15.7. The van der Waals surface area contributed by atoms with Gasteiger partial charge in [0.15, 0.2) is 5.58 Å². The molecule has 4 heteroatoms. The second-order valence-corrected chi connectivity index (χ2v) is 6.22. The Hall–Kier alpha value is -2.88. The van der Waals surface area contributed by atoms with Crippen LogP contribution in [0.15, 0.2) is 65.1 Å². The van der Waals surface area contributed by atoms with Crippen molar-refractivity contribution < 1.29 is 9.21 Å². The zero-order valence-electron chi connectivity index (χ0n) is 13.2. The summed E-state index contributed by atoms with van der Waals surface area (Å²) in [4.78, 5) is 16.4. The minimum absolute atomic E-state index is 0.113. The van der Waals surface area contributed by atoms with E-state index in [1.165, 1.54) is 11.6 Å². The molecule has 4 rings (SSSR count). The monoisotopic (exact) mass is 318 g/mol. The van der Waals surface area contributed by atoms with Crippen LogP contribution >= 0.6 is 0 Å². The molecule has 1 N–H and O–H groups in total. The number of nitrogens with zero attached hydrogens (tertiary/aromatic N) is 1. The lowest BCUT2D eigenvalue weighted by Gasteiger charge is -2.15. The van der Waals surface area contributed by atoms with Crippen molar-refractivity contribution in [3.05, 3.63) is 72.1 Å². The van der Waals surface area contributed by atoms with Gasteiger partial charge >= 0.3 is 0 Å². The van der Waals surface area contributed by atoms with Gasteiger partial charge in [-0.05, 0) is 30.5 Å². The second-order valence-electron chi connectivity index (χ2n) is 6.22. The lowest BCUT2D eigenvalue weighted by Crippen LogP contribution is -2.30. The van der Waals surface area contributed by atoms with Gasteiger partial charge in [-0.2, -0.15) is 0 Å². The average molecular weight is 318 g/mol. The highest BCUT2D eigenvalue weighted by atomic mass is 16.3. The molecule has 0 radical (unpaired) electrons. The summed E-state index contributed by atoms with van der Waals surface area (Å²) in [5.74, 6) is 0.315. The summed E-state index contributed by atoms with van der Waals surface area (Å²) >= 11 is 0. The molecular weight excluding hydrogens is 300 g/mol. The van der Waals surface area contributed by atoms with Gasteiger partial charge in [-0.3, -0.25) is 4.79 Å². The summed E-state index contributed by atoms with van der Waals surface area (Å²) in [6.07, 6.45) is 5.32. The smallest absolute Gasteiger partial charge is 0.244 e. The van der Waals surface area contributed by atoms with E-state index < -0.39 is 0 Å². The Bertz CT molecular complexity index is 859. The van der Waals surface area contributed by atoms with E-state index >= 15 is 0 Å². The van der Waals surface area contributed by atoms with Gasteiger partial charge < -0.3 is 9.73 Å². The first kappa shape index (κ1) is 14.7. The molecule has 24 heavy (non-hydrogen) atoms. The van der Waals surface area contributed by atoms with Gasteiger partial charge in [0, 0.05) is 24.1 Å². The SMILES string of the molecule is O=C(/C=C\c1nc2ccccc2o1)NCC1(c2ccccc2)CC1. The predicted octanol–water partition coefficient (Wildman–Crippen LogP) is 3.69. The molecule has 0 saturated heterocycles. The maximum atomic E-state index is 12.1. The van der Waals surface area contributed by atoms with Gasteiger partial charge in [0.1, 0.15) is 5.52 Å². The van der Waals surface area contributed by atoms with Crippen molar-refractivity contribution >= 4 is 23.1 Å². The van der Waals surface area contributed by atoms with Gasteiger partial charge in [0.05, 0.1) is 0 Å². The minimum atomic E-state index is -0.125. The number of nitrogens with one attached hydrogen (secondary N) is 1. The molecule has 120 valence electrons. The molecule has 0 spiro atoms. The molecule has 3 aromatic rings. The van der Waals surface area contributed by atoms with Crippen LogP contribution < -0.4 is 5.32 Å². The Balaban J connectivity index is 1.38. The summed E-state index contributed by atoms with van der Waals surface area (Å²) in [6, 6.07) is 17.9. The van der Waals surface area contributed by atoms with Gasteiger partial charge in [-0.1, -0.05) is 42.5 Å². The number of hydrogen-bond donors (Lipinski definition) is 1. The van der Waals surface area contributed by atoms with Crippen molar-refractivity contribution in [1.82, 2.24) is 10.3 Å². The van der Waals surface area contributed by atoms with Gasteiger partial charge in [0.25, 0.3) is 0 Å². The molecule has 1 amide bonds. The Kier molecular flexibility index (Phi) is 3.65. The van der Waals surface area contributed by atoms with E-state index in [1.807, 2.05) is 42.5 Å². The van der Waals surface area contributed by atoms with Crippen LogP contribution in [0.1, 0.15) is 24.3 Å². The van der Waals surface area contributed by atoms with Crippen molar-refractivity contribution in [3.63, 3.8) is 0 Å². The number of benzene rings is 2. The largest absolute Gasteiger partial charge is 0.437 e. The average Bonchev–Trinajstić information content (AvgIpc) is 3.30. The molecule has 0 bridgehead atoms.